The fraction of sp³-hybridized carbons (Fsp3) is 0.727. The molecule has 9 heteroatoms. The minimum Gasteiger partial charge on any atom is -0.460 e. The second kappa shape index (κ2) is 8.33. The molecule has 0 aromatic carbocycles. The Hall–Kier alpha value is -1.71. The predicted octanol–water partition coefficient (Wildman–Crippen LogP) is 2.97. The molecule has 2 saturated heterocycles. The van der Waals surface area contributed by atoms with Crippen LogP contribution in [0.3, 0.4) is 0 Å². The summed E-state index contributed by atoms with van der Waals surface area (Å²) in [6, 6.07) is -0.510. The Morgan fingerprint density at radius 1 is 1.35 bits per heavy atom. The van der Waals surface area contributed by atoms with Gasteiger partial charge in [-0.25, -0.2) is 9.59 Å². The third kappa shape index (κ3) is 3.85. The van der Waals surface area contributed by atoms with Crippen molar-refractivity contribution < 1.29 is 31.6 Å². The highest BCUT2D eigenvalue weighted by molar-refractivity contribution is 7.75. The largest absolute Gasteiger partial charge is 0.460 e. The molecule has 4 fully saturated rings. The van der Waals surface area contributed by atoms with Crippen LogP contribution < -0.4 is 5.32 Å². The summed E-state index contributed by atoms with van der Waals surface area (Å²) >= 11 is -1.67. The van der Waals surface area contributed by atoms with Crippen LogP contribution in [0.5, 0.6) is 0 Å². The van der Waals surface area contributed by atoms with E-state index in [1.54, 1.807) is 0 Å². The smallest absolute Gasteiger partial charge is 0.407 e. The molecule has 8 nitrogen and oxygen atoms in total. The average Bonchev–Trinajstić information content (AvgIpc) is 3.07. The molecular weight excluding hydrogens is 422 g/mol. The van der Waals surface area contributed by atoms with E-state index in [2.05, 4.69) is 30.5 Å². The average molecular weight is 454 g/mol. The zero-order chi connectivity index (χ0) is 22.4. The topological polar surface area (TPSA) is 100 Å². The van der Waals surface area contributed by atoms with Crippen molar-refractivity contribution >= 4 is 23.4 Å². The molecule has 4 rings (SSSR count). The Morgan fingerprint density at radius 3 is 2.87 bits per heavy atom. The first-order chi connectivity index (χ1) is 14.7. The van der Waals surface area contributed by atoms with Crippen molar-refractivity contribution in [3.63, 3.8) is 0 Å². The number of allylic oxidation sites excluding steroid dienone is 2. The number of cyclic esters (lactones) is 1. The van der Waals surface area contributed by atoms with Gasteiger partial charge in [-0.2, -0.15) is 4.21 Å². The molecule has 172 valence electrons. The molecule has 1 N–H and O–H groups in total. The molecule has 2 saturated carbocycles. The van der Waals surface area contributed by atoms with Gasteiger partial charge in [0.2, 0.25) is 0 Å². The number of hydrogen-bond donors (Lipinski definition) is 1. The number of carbonyl (C=O) groups excluding carboxylic acids is 2. The minimum atomic E-state index is -1.67. The lowest BCUT2D eigenvalue weighted by atomic mass is 9.46. The molecule has 4 aliphatic rings. The zero-order valence-corrected chi connectivity index (χ0v) is 19.1. The molecule has 31 heavy (non-hydrogen) atoms. The molecule has 0 aromatic heterocycles. The Morgan fingerprint density at radius 2 is 2.13 bits per heavy atom. The summed E-state index contributed by atoms with van der Waals surface area (Å²) < 4.78 is 32.7. The van der Waals surface area contributed by atoms with E-state index in [1.807, 2.05) is 6.08 Å². The van der Waals surface area contributed by atoms with E-state index >= 15 is 0 Å². The van der Waals surface area contributed by atoms with E-state index in [-0.39, 0.29) is 29.5 Å². The molecule has 2 aliphatic heterocycles. The first kappa shape index (κ1) is 22.5. The van der Waals surface area contributed by atoms with Gasteiger partial charge >= 0.3 is 23.4 Å². The highest BCUT2D eigenvalue weighted by atomic mass is 32.2. The molecule has 0 spiro atoms. The van der Waals surface area contributed by atoms with Gasteiger partial charge in [-0.15, -0.1) is 0 Å². The van der Waals surface area contributed by atoms with Crippen molar-refractivity contribution in [3.05, 3.63) is 23.8 Å². The van der Waals surface area contributed by atoms with Crippen molar-refractivity contribution in [2.75, 3.05) is 20.3 Å². The van der Waals surface area contributed by atoms with Crippen molar-refractivity contribution in [1.29, 1.82) is 0 Å². The number of rotatable bonds is 3. The maximum Gasteiger partial charge on any atom is 0.407 e. The van der Waals surface area contributed by atoms with Crippen LogP contribution in [0.15, 0.2) is 23.8 Å². The van der Waals surface area contributed by atoms with E-state index in [0.29, 0.717) is 24.5 Å². The summed E-state index contributed by atoms with van der Waals surface area (Å²) in [5.41, 5.74) is 1.39. The number of ether oxygens (including phenoxy) is 2. The first-order valence-corrected chi connectivity index (χ1v) is 11.8. The monoisotopic (exact) mass is 453 g/mol. The zero-order valence-electron chi connectivity index (χ0n) is 18.3. The lowest BCUT2D eigenvalue weighted by Crippen LogP contribution is -2.60. The number of alkyl carbamates (subject to hydrolysis) is 1. The summed E-state index contributed by atoms with van der Waals surface area (Å²) in [6.45, 7) is 9.38. The van der Waals surface area contributed by atoms with E-state index in [1.165, 1.54) is 12.7 Å². The van der Waals surface area contributed by atoms with Gasteiger partial charge in [-0.1, -0.05) is 32.1 Å². The summed E-state index contributed by atoms with van der Waals surface area (Å²) in [4.78, 5) is 23.9. The Kier molecular flexibility index (Phi) is 6.04. The first-order valence-electron chi connectivity index (χ1n) is 10.8. The Bertz CT molecular complexity index is 842. The Balaban J connectivity index is 1.57. The SMILES string of the molecule is C=C1CC[C@@H]2[C@]3(C)COS(=O)O[C@@H]3CC[C@@]2(C)[C@@H]1C/C=C1/C(=O)OC[C@@H]1NC(=O)OC. The van der Waals surface area contributed by atoms with Crippen LogP contribution in [-0.2, 0) is 34.0 Å². The van der Waals surface area contributed by atoms with Gasteiger partial charge in [0.25, 0.3) is 0 Å². The van der Waals surface area contributed by atoms with Crippen LogP contribution in [0.1, 0.15) is 46.0 Å². The second-order valence-corrected chi connectivity index (χ2v) is 10.4. The molecule has 7 atom stereocenters. The van der Waals surface area contributed by atoms with Gasteiger partial charge in [0.1, 0.15) is 6.61 Å². The summed E-state index contributed by atoms with van der Waals surface area (Å²) in [7, 11) is 1.29. The maximum absolute atomic E-state index is 12.3. The van der Waals surface area contributed by atoms with Gasteiger partial charge in [-0.05, 0) is 49.4 Å². The van der Waals surface area contributed by atoms with Crippen LogP contribution in [0.4, 0.5) is 4.79 Å². The van der Waals surface area contributed by atoms with E-state index in [4.69, 9.17) is 13.1 Å². The van der Waals surface area contributed by atoms with Crippen LogP contribution in [0.25, 0.3) is 0 Å². The van der Waals surface area contributed by atoms with Crippen LogP contribution in [0, 0.1) is 22.7 Å². The van der Waals surface area contributed by atoms with Crippen LogP contribution in [-0.4, -0.2) is 48.7 Å². The van der Waals surface area contributed by atoms with E-state index < -0.39 is 29.5 Å². The van der Waals surface area contributed by atoms with Gasteiger partial charge in [0.05, 0.1) is 31.4 Å². The standard InChI is InChI=1S/C22H31NO7S/c1-13-5-8-17-21(2,10-9-18-22(17,3)12-29-31(26)30-18)15(13)7-6-14-16(11-28-19(14)24)23-20(25)27-4/h6,15-18H,1,5,7-12H2,2-4H3,(H,23,25)/b14-6+/t15-,16+,17+,18-,21+,22+,31?/m1/s1. The molecule has 0 aromatic rings. The number of hydrogen-bond acceptors (Lipinski definition) is 7. The van der Waals surface area contributed by atoms with E-state index in [9.17, 15) is 13.8 Å². The molecule has 0 radical (unpaired) electrons. The third-order valence-corrected chi connectivity index (χ3v) is 8.72. The lowest BCUT2D eigenvalue weighted by molar-refractivity contribution is -0.154. The molecule has 2 aliphatic carbocycles. The van der Waals surface area contributed by atoms with Gasteiger partial charge in [0, 0.05) is 5.41 Å². The number of esters is 1. The van der Waals surface area contributed by atoms with Gasteiger partial charge < -0.3 is 14.8 Å². The minimum absolute atomic E-state index is 0.0447. The predicted molar refractivity (Wildman–Crippen MR) is 113 cm³/mol. The number of methoxy groups -OCH3 is 1. The second-order valence-electron chi connectivity index (χ2n) is 9.59. The van der Waals surface area contributed by atoms with E-state index in [0.717, 1.165) is 25.7 Å². The normalized spacial score (nSPS) is 43.7. The number of carbonyl (C=O) groups is 2. The molecular formula is C22H31NO7S. The Labute approximate surface area is 185 Å². The summed E-state index contributed by atoms with van der Waals surface area (Å²) in [5.74, 6) is 0.0948. The highest BCUT2D eigenvalue weighted by Gasteiger charge is 2.60. The molecule has 1 unspecified atom stereocenters. The van der Waals surface area contributed by atoms with Crippen molar-refractivity contribution in [3.8, 4) is 0 Å². The summed E-state index contributed by atoms with van der Waals surface area (Å²) in [6.07, 6.45) is 5.50. The maximum atomic E-state index is 12.3. The highest BCUT2D eigenvalue weighted by Crippen LogP contribution is 2.63. The molecule has 2 heterocycles. The fourth-order valence-electron chi connectivity index (χ4n) is 6.32. The molecule has 0 bridgehead atoms. The molecule has 1 amide bonds. The third-order valence-electron chi connectivity index (χ3n) is 8.02. The number of fused-ring (bicyclic) bond motifs is 3. The lowest BCUT2D eigenvalue weighted by Gasteiger charge is -2.61. The quantitative estimate of drug-likeness (QED) is 0.398. The van der Waals surface area contributed by atoms with Crippen LogP contribution in [0.2, 0.25) is 0 Å². The summed E-state index contributed by atoms with van der Waals surface area (Å²) in [5, 5.41) is 2.66. The number of amides is 1. The van der Waals surface area contributed by atoms with Crippen molar-refractivity contribution in [1.82, 2.24) is 5.32 Å². The van der Waals surface area contributed by atoms with Crippen molar-refractivity contribution in [2.45, 2.75) is 58.1 Å². The van der Waals surface area contributed by atoms with Gasteiger partial charge in [0.15, 0.2) is 0 Å². The number of nitrogens with one attached hydrogen (secondary N) is 1. The van der Waals surface area contributed by atoms with Crippen LogP contribution >= 0.6 is 0 Å². The van der Waals surface area contributed by atoms with Gasteiger partial charge in [-0.3, -0.25) is 8.37 Å². The van der Waals surface area contributed by atoms with Crippen molar-refractivity contribution in [2.24, 2.45) is 22.7 Å². The fourth-order valence-corrected chi connectivity index (χ4v) is 7.23.